The van der Waals surface area contributed by atoms with E-state index in [9.17, 15) is 0 Å². The number of hydrogen-bond donors (Lipinski definition) is 1. The molecule has 1 N–H and O–H groups in total. The topological polar surface area (TPSA) is 21.3 Å². The molecule has 0 amide bonds. The van der Waals surface area contributed by atoms with Crippen LogP contribution in [0.25, 0.3) is 0 Å². The van der Waals surface area contributed by atoms with Crippen molar-refractivity contribution in [2.45, 2.75) is 52.2 Å². The molecular formula is C13H25NO. The summed E-state index contributed by atoms with van der Waals surface area (Å²) in [6, 6.07) is 0.378. The Bertz CT molecular complexity index is 200. The zero-order chi connectivity index (χ0) is 11.9. The van der Waals surface area contributed by atoms with E-state index in [1.807, 2.05) is 7.05 Å². The SMILES string of the molecule is C#CCCCC(NC)C(OC)C(C)(C)C. The first-order valence-electron chi connectivity index (χ1n) is 5.61. The summed E-state index contributed by atoms with van der Waals surface area (Å²) in [6.07, 6.45) is 8.44. The molecule has 88 valence electrons. The zero-order valence-corrected chi connectivity index (χ0v) is 10.8. The molecule has 0 aliphatic rings. The quantitative estimate of drug-likeness (QED) is 0.538. The molecule has 2 atom stereocenters. The highest BCUT2D eigenvalue weighted by Crippen LogP contribution is 2.26. The highest BCUT2D eigenvalue weighted by atomic mass is 16.5. The number of terminal acetylenes is 1. The molecule has 0 saturated heterocycles. The Hall–Kier alpha value is -0.520. The number of rotatable bonds is 6. The average molecular weight is 211 g/mol. The smallest absolute Gasteiger partial charge is 0.0772 e. The summed E-state index contributed by atoms with van der Waals surface area (Å²) in [6.45, 7) is 6.60. The predicted octanol–water partition coefficient (Wildman–Crippen LogP) is 2.44. The minimum absolute atomic E-state index is 0.151. The van der Waals surface area contributed by atoms with Crippen molar-refractivity contribution in [3.8, 4) is 12.3 Å². The number of nitrogens with one attached hydrogen (secondary N) is 1. The van der Waals surface area contributed by atoms with Gasteiger partial charge in [0, 0.05) is 19.6 Å². The fourth-order valence-corrected chi connectivity index (χ4v) is 1.99. The fraction of sp³-hybridized carbons (Fsp3) is 0.846. The molecule has 0 fully saturated rings. The summed E-state index contributed by atoms with van der Waals surface area (Å²) in [5, 5.41) is 3.32. The Morgan fingerprint density at radius 2 is 2.00 bits per heavy atom. The molecule has 0 radical (unpaired) electrons. The van der Waals surface area contributed by atoms with Crippen LogP contribution in [0.5, 0.6) is 0 Å². The van der Waals surface area contributed by atoms with E-state index in [1.54, 1.807) is 7.11 Å². The number of methoxy groups -OCH3 is 1. The molecule has 0 aliphatic heterocycles. The van der Waals surface area contributed by atoms with Crippen LogP contribution in [-0.2, 0) is 4.74 Å². The number of ether oxygens (including phenoxy) is 1. The van der Waals surface area contributed by atoms with Crippen molar-refractivity contribution in [3.05, 3.63) is 0 Å². The van der Waals surface area contributed by atoms with E-state index in [1.165, 1.54) is 0 Å². The lowest BCUT2D eigenvalue weighted by Gasteiger charge is -2.35. The predicted molar refractivity (Wildman–Crippen MR) is 65.8 cm³/mol. The van der Waals surface area contributed by atoms with Crippen LogP contribution < -0.4 is 5.32 Å². The molecule has 0 aromatic carbocycles. The van der Waals surface area contributed by atoms with Crippen LogP contribution in [0.2, 0.25) is 0 Å². The molecular weight excluding hydrogens is 186 g/mol. The molecule has 2 unspecified atom stereocenters. The molecule has 0 saturated carbocycles. The van der Waals surface area contributed by atoms with Crippen molar-refractivity contribution in [2.24, 2.45) is 5.41 Å². The Labute approximate surface area is 94.8 Å². The second kappa shape index (κ2) is 6.87. The maximum Gasteiger partial charge on any atom is 0.0772 e. The van der Waals surface area contributed by atoms with E-state index in [-0.39, 0.29) is 11.5 Å². The van der Waals surface area contributed by atoms with Crippen LogP contribution in [0.3, 0.4) is 0 Å². The highest BCUT2D eigenvalue weighted by Gasteiger charge is 2.30. The molecule has 0 aliphatic carbocycles. The standard InChI is InChI=1S/C13H25NO/c1-7-8-9-10-11(14-5)12(15-6)13(2,3)4/h1,11-12,14H,8-10H2,2-6H3. The van der Waals surface area contributed by atoms with Crippen LogP contribution in [0.15, 0.2) is 0 Å². The minimum atomic E-state index is 0.151. The summed E-state index contributed by atoms with van der Waals surface area (Å²) < 4.78 is 5.58. The number of likely N-dealkylation sites (N-methyl/N-ethyl adjacent to an activating group) is 1. The van der Waals surface area contributed by atoms with E-state index in [0.717, 1.165) is 19.3 Å². The summed E-state index contributed by atoms with van der Waals surface area (Å²) in [7, 11) is 3.76. The highest BCUT2D eigenvalue weighted by molar-refractivity contribution is 4.88. The molecule has 0 aromatic heterocycles. The normalized spacial score (nSPS) is 15.7. The molecule has 15 heavy (non-hydrogen) atoms. The molecule has 0 rings (SSSR count). The third kappa shape index (κ3) is 5.20. The largest absolute Gasteiger partial charge is 0.379 e. The first-order chi connectivity index (χ1) is 6.97. The first kappa shape index (κ1) is 14.5. The van der Waals surface area contributed by atoms with E-state index >= 15 is 0 Å². The van der Waals surface area contributed by atoms with Crippen molar-refractivity contribution in [2.75, 3.05) is 14.2 Å². The lowest BCUT2D eigenvalue weighted by Crippen LogP contribution is -2.46. The lowest BCUT2D eigenvalue weighted by molar-refractivity contribution is -0.0116. The van der Waals surface area contributed by atoms with Crippen molar-refractivity contribution in [1.29, 1.82) is 0 Å². The van der Waals surface area contributed by atoms with Gasteiger partial charge in [-0.2, -0.15) is 0 Å². The van der Waals surface area contributed by atoms with Crippen LogP contribution in [0.1, 0.15) is 40.0 Å². The fourth-order valence-electron chi connectivity index (χ4n) is 1.99. The third-order valence-electron chi connectivity index (χ3n) is 2.68. The molecule has 0 spiro atoms. The second-order valence-corrected chi connectivity index (χ2v) is 5.01. The van der Waals surface area contributed by atoms with Gasteiger partial charge in [-0.1, -0.05) is 20.8 Å². The van der Waals surface area contributed by atoms with E-state index in [4.69, 9.17) is 11.2 Å². The molecule has 0 heterocycles. The van der Waals surface area contributed by atoms with Crippen molar-refractivity contribution >= 4 is 0 Å². The second-order valence-electron chi connectivity index (χ2n) is 5.01. The molecule has 2 nitrogen and oxygen atoms in total. The van der Waals surface area contributed by atoms with Gasteiger partial charge in [0.05, 0.1) is 6.10 Å². The number of unbranched alkanes of at least 4 members (excludes halogenated alkanes) is 1. The molecule has 0 bridgehead atoms. The van der Waals surface area contributed by atoms with Crippen molar-refractivity contribution < 1.29 is 4.74 Å². The third-order valence-corrected chi connectivity index (χ3v) is 2.68. The van der Waals surface area contributed by atoms with Gasteiger partial charge < -0.3 is 10.1 Å². The van der Waals surface area contributed by atoms with Gasteiger partial charge in [0.1, 0.15) is 0 Å². The van der Waals surface area contributed by atoms with E-state index in [0.29, 0.717) is 6.04 Å². The van der Waals surface area contributed by atoms with Crippen LogP contribution in [0.4, 0.5) is 0 Å². The van der Waals surface area contributed by atoms with Gasteiger partial charge in [0.2, 0.25) is 0 Å². The van der Waals surface area contributed by atoms with Gasteiger partial charge in [-0.05, 0) is 25.3 Å². The zero-order valence-electron chi connectivity index (χ0n) is 10.8. The van der Waals surface area contributed by atoms with Gasteiger partial charge in [-0.25, -0.2) is 0 Å². The van der Waals surface area contributed by atoms with Gasteiger partial charge in [0.15, 0.2) is 0 Å². The summed E-state index contributed by atoms with van der Waals surface area (Å²) in [5.41, 5.74) is 0.151. The van der Waals surface area contributed by atoms with Gasteiger partial charge in [-0.3, -0.25) is 0 Å². The maximum atomic E-state index is 5.58. The minimum Gasteiger partial charge on any atom is -0.379 e. The van der Waals surface area contributed by atoms with Crippen LogP contribution in [-0.4, -0.2) is 26.3 Å². The molecule has 2 heteroatoms. The Kier molecular flexibility index (Phi) is 6.63. The maximum absolute atomic E-state index is 5.58. The van der Waals surface area contributed by atoms with Crippen molar-refractivity contribution in [1.82, 2.24) is 5.32 Å². The van der Waals surface area contributed by atoms with Crippen LogP contribution >= 0.6 is 0 Å². The Morgan fingerprint density at radius 1 is 1.40 bits per heavy atom. The number of hydrogen-bond acceptors (Lipinski definition) is 2. The van der Waals surface area contributed by atoms with E-state index in [2.05, 4.69) is 32.0 Å². The lowest BCUT2D eigenvalue weighted by atomic mass is 9.83. The summed E-state index contributed by atoms with van der Waals surface area (Å²) in [5.74, 6) is 2.67. The van der Waals surface area contributed by atoms with Crippen molar-refractivity contribution in [3.63, 3.8) is 0 Å². The van der Waals surface area contributed by atoms with Crippen LogP contribution in [0, 0.1) is 17.8 Å². The summed E-state index contributed by atoms with van der Waals surface area (Å²) in [4.78, 5) is 0. The monoisotopic (exact) mass is 211 g/mol. The first-order valence-corrected chi connectivity index (χ1v) is 5.61. The average Bonchev–Trinajstić information content (AvgIpc) is 2.14. The van der Waals surface area contributed by atoms with E-state index < -0.39 is 0 Å². The Morgan fingerprint density at radius 3 is 2.33 bits per heavy atom. The summed E-state index contributed by atoms with van der Waals surface area (Å²) >= 11 is 0. The van der Waals surface area contributed by atoms with Gasteiger partial charge in [-0.15, -0.1) is 12.3 Å². The Balaban J connectivity index is 4.29. The van der Waals surface area contributed by atoms with Gasteiger partial charge in [0.25, 0.3) is 0 Å². The molecule has 0 aromatic rings. The van der Waals surface area contributed by atoms with Gasteiger partial charge >= 0.3 is 0 Å².